The summed E-state index contributed by atoms with van der Waals surface area (Å²) in [5.41, 5.74) is 23.7. The molecule has 1 heterocycles. The number of carbonyl (C=O) groups excluding carboxylic acids is 3. The van der Waals surface area contributed by atoms with E-state index in [9.17, 15) is 14.4 Å². The summed E-state index contributed by atoms with van der Waals surface area (Å²) in [4.78, 5) is 46.4. The molecule has 0 atom stereocenters. The van der Waals surface area contributed by atoms with Crippen molar-refractivity contribution in [1.29, 1.82) is 0 Å². The Kier molecular flexibility index (Phi) is 9.55. The number of anilines is 2. The van der Waals surface area contributed by atoms with Crippen molar-refractivity contribution in [2.24, 2.45) is 16.5 Å². The van der Waals surface area contributed by atoms with Crippen molar-refractivity contribution in [3.05, 3.63) is 46.2 Å². The number of nitrogens with zero attached hydrogens (tertiary/aromatic N) is 3. The van der Waals surface area contributed by atoms with Gasteiger partial charge < -0.3 is 22.9 Å². The molecule has 0 spiro atoms. The molecule has 11 nitrogen and oxygen atoms in total. The van der Waals surface area contributed by atoms with E-state index in [0.717, 1.165) is 30.4 Å². The topological polar surface area (TPSA) is 205 Å². The third-order valence-corrected chi connectivity index (χ3v) is 4.87. The quantitative estimate of drug-likeness (QED) is 0.178. The van der Waals surface area contributed by atoms with Gasteiger partial charge in [-0.25, -0.2) is 9.97 Å². The van der Waals surface area contributed by atoms with Gasteiger partial charge in [0.25, 0.3) is 5.91 Å². The summed E-state index contributed by atoms with van der Waals surface area (Å²) >= 11 is 5.76. The van der Waals surface area contributed by atoms with E-state index in [0.29, 0.717) is 6.54 Å². The molecule has 2 aromatic rings. The fourth-order valence-electron chi connectivity index (χ4n) is 2.87. The first-order chi connectivity index (χ1) is 15.7. The van der Waals surface area contributed by atoms with Crippen LogP contribution in [0.15, 0.2) is 29.3 Å². The number of nitrogen functional groups attached to an aromatic ring is 2. The molecule has 0 fully saturated rings. The number of primary amides is 1. The van der Waals surface area contributed by atoms with Crippen LogP contribution in [-0.2, 0) is 22.4 Å². The summed E-state index contributed by atoms with van der Waals surface area (Å²) in [6.07, 6.45) is 2.95. The van der Waals surface area contributed by atoms with E-state index in [1.807, 2.05) is 24.3 Å². The Bertz CT molecular complexity index is 1040. The predicted molar refractivity (Wildman–Crippen MR) is 126 cm³/mol. The van der Waals surface area contributed by atoms with Crippen LogP contribution in [0.5, 0.6) is 0 Å². The molecule has 0 aliphatic rings. The smallest absolute Gasteiger partial charge is 0.280 e. The minimum absolute atomic E-state index is 0.0154. The van der Waals surface area contributed by atoms with Gasteiger partial charge in [-0.3, -0.25) is 24.7 Å². The van der Waals surface area contributed by atoms with Crippen LogP contribution in [0.4, 0.5) is 11.6 Å². The number of rotatable bonds is 11. The second kappa shape index (κ2) is 12.3. The number of carbonyl (C=O) groups is 3. The number of Topliss-reactive ketones (excluding diaryl/α,β-unsaturated/α-hetero) is 1. The Morgan fingerprint density at radius 3 is 2.27 bits per heavy atom. The number of hydrogen-bond acceptors (Lipinski definition) is 8. The van der Waals surface area contributed by atoms with Crippen molar-refractivity contribution in [3.63, 3.8) is 0 Å². The second-order valence-electron chi connectivity index (χ2n) is 7.31. The molecule has 0 aliphatic heterocycles. The molecule has 2 rings (SSSR count). The normalized spacial score (nSPS) is 11.2. The van der Waals surface area contributed by atoms with E-state index in [4.69, 9.17) is 34.5 Å². The maximum Gasteiger partial charge on any atom is 0.280 e. The van der Waals surface area contributed by atoms with Crippen molar-refractivity contribution in [1.82, 2.24) is 15.3 Å². The predicted octanol–water partition coefficient (Wildman–Crippen LogP) is 0.739. The SMILES string of the molecule is NC(=O)CCC(=O)Cc1ccc(CCCCN=C(N)NC(=O)c2nc(Cl)c(N)nc2N)cc1. The van der Waals surface area contributed by atoms with Gasteiger partial charge in [0.15, 0.2) is 28.4 Å². The minimum atomic E-state index is -0.684. The van der Waals surface area contributed by atoms with Crippen molar-refractivity contribution in [2.75, 3.05) is 18.0 Å². The first-order valence-corrected chi connectivity index (χ1v) is 10.6. The van der Waals surface area contributed by atoms with Gasteiger partial charge in [0, 0.05) is 25.8 Å². The highest BCUT2D eigenvalue weighted by Gasteiger charge is 2.16. The zero-order chi connectivity index (χ0) is 24.4. The van der Waals surface area contributed by atoms with Gasteiger partial charge in [-0.2, -0.15) is 0 Å². The lowest BCUT2D eigenvalue weighted by Crippen LogP contribution is -2.38. The standard InChI is InChI=1S/C21H27ClN8O3/c22-17-19(25)29-18(24)16(28-17)20(33)30-21(26)27-10-2-1-3-12-4-6-13(7-5-12)11-14(31)8-9-15(23)32/h4-7H,1-3,8-11H2,(H2,23,32)(H4,24,25,29)(H3,26,27,30,33). The summed E-state index contributed by atoms with van der Waals surface area (Å²) in [5, 5.41) is 2.25. The number of nitrogens with two attached hydrogens (primary N) is 4. The van der Waals surface area contributed by atoms with Crippen LogP contribution < -0.4 is 28.3 Å². The molecule has 0 saturated heterocycles. The highest BCUT2D eigenvalue weighted by atomic mass is 35.5. The minimum Gasteiger partial charge on any atom is -0.382 e. The van der Waals surface area contributed by atoms with Gasteiger partial charge in [0.05, 0.1) is 0 Å². The molecule has 12 heteroatoms. The molecule has 33 heavy (non-hydrogen) atoms. The zero-order valence-corrected chi connectivity index (χ0v) is 18.8. The Labute approximate surface area is 196 Å². The number of hydrogen-bond donors (Lipinski definition) is 5. The van der Waals surface area contributed by atoms with Gasteiger partial charge in [0.1, 0.15) is 5.78 Å². The molecular weight excluding hydrogens is 448 g/mol. The lowest BCUT2D eigenvalue weighted by Gasteiger charge is -2.07. The molecule has 176 valence electrons. The van der Waals surface area contributed by atoms with E-state index in [2.05, 4.69) is 20.3 Å². The average Bonchev–Trinajstić information content (AvgIpc) is 2.75. The van der Waals surface area contributed by atoms with Crippen LogP contribution in [-0.4, -0.2) is 40.1 Å². The number of amides is 2. The highest BCUT2D eigenvalue weighted by Crippen LogP contribution is 2.17. The van der Waals surface area contributed by atoms with Gasteiger partial charge in [-0.15, -0.1) is 0 Å². The van der Waals surface area contributed by atoms with Crippen LogP contribution in [0.3, 0.4) is 0 Å². The lowest BCUT2D eigenvalue weighted by atomic mass is 10.0. The van der Waals surface area contributed by atoms with Crippen molar-refractivity contribution < 1.29 is 14.4 Å². The van der Waals surface area contributed by atoms with Crippen LogP contribution in [0.2, 0.25) is 5.15 Å². The number of aromatic nitrogens is 2. The van der Waals surface area contributed by atoms with Crippen LogP contribution in [0.25, 0.3) is 0 Å². The second-order valence-corrected chi connectivity index (χ2v) is 7.67. The molecule has 0 saturated carbocycles. The van der Waals surface area contributed by atoms with Crippen molar-refractivity contribution >= 4 is 46.8 Å². The lowest BCUT2D eigenvalue weighted by molar-refractivity contribution is -0.123. The number of aryl methyl sites for hydroxylation is 1. The molecule has 0 unspecified atom stereocenters. The monoisotopic (exact) mass is 474 g/mol. The van der Waals surface area contributed by atoms with E-state index in [-0.39, 0.29) is 53.5 Å². The number of nitrogens with one attached hydrogen (secondary N) is 1. The Morgan fingerprint density at radius 1 is 0.939 bits per heavy atom. The van der Waals surface area contributed by atoms with Gasteiger partial charge in [-0.05, 0) is 30.4 Å². The number of aliphatic imine (C=N–C) groups is 1. The Balaban J connectivity index is 1.73. The number of halogens is 1. The summed E-state index contributed by atoms with van der Waals surface area (Å²) in [7, 11) is 0. The first kappa shape index (κ1) is 25.5. The summed E-state index contributed by atoms with van der Waals surface area (Å²) in [5.74, 6) is -1.48. The molecular formula is C21H27ClN8O3. The molecule has 0 radical (unpaired) electrons. The third kappa shape index (κ3) is 8.73. The number of guanidine groups is 1. The van der Waals surface area contributed by atoms with Crippen molar-refractivity contribution in [2.45, 2.75) is 38.5 Å². The number of benzene rings is 1. The van der Waals surface area contributed by atoms with Gasteiger partial charge in [0.2, 0.25) is 5.91 Å². The maximum atomic E-state index is 12.2. The maximum absolute atomic E-state index is 12.2. The number of unbranched alkanes of at least 4 members (excludes halogenated alkanes) is 1. The van der Waals surface area contributed by atoms with Crippen LogP contribution in [0, 0.1) is 0 Å². The average molecular weight is 475 g/mol. The van der Waals surface area contributed by atoms with Crippen molar-refractivity contribution in [3.8, 4) is 0 Å². The Hall–Kier alpha value is -3.73. The van der Waals surface area contributed by atoms with E-state index < -0.39 is 11.8 Å². The molecule has 0 aliphatic carbocycles. The fraction of sp³-hybridized carbons (Fsp3) is 0.333. The zero-order valence-electron chi connectivity index (χ0n) is 18.0. The molecule has 0 bridgehead atoms. The summed E-state index contributed by atoms with van der Waals surface area (Å²) in [6, 6.07) is 7.75. The molecule has 1 aromatic carbocycles. The summed E-state index contributed by atoms with van der Waals surface area (Å²) in [6.45, 7) is 0.419. The first-order valence-electron chi connectivity index (χ1n) is 10.2. The van der Waals surface area contributed by atoms with Gasteiger partial charge in [-0.1, -0.05) is 35.9 Å². The van der Waals surface area contributed by atoms with E-state index in [1.54, 1.807) is 0 Å². The largest absolute Gasteiger partial charge is 0.382 e. The highest BCUT2D eigenvalue weighted by molar-refractivity contribution is 6.31. The van der Waals surface area contributed by atoms with Crippen LogP contribution >= 0.6 is 11.6 Å². The van der Waals surface area contributed by atoms with Gasteiger partial charge >= 0.3 is 0 Å². The third-order valence-electron chi connectivity index (χ3n) is 4.59. The summed E-state index contributed by atoms with van der Waals surface area (Å²) < 4.78 is 0. The molecule has 9 N–H and O–H groups in total. The fourth-order valence-corrected chi connectivity index (χ4v) is 2.99. The Morgan fingerprint density at radius 2 is 1.61 bits per heavy atom. The molecule has 1 aromatic heterocycles. The van der Waals surface area contributed by atoms with E-state index in [1.165, 1.54) is 0 Å². The number of ketones is 1. The van der Waals surface area contributed by atoms with Crippen LogP contribution in [0.1, 0.15) is 47.3 Å². The van der Waals surface area contributed by atoms with E-state index >= 15 is 0 Å². The molecule has 2 amide bonds.